The second-order valence-electron chi connectivity index (χ2n) is 7.33. The SMILES string of the molecule is COCCn1c(C)cc(/C=C(\C#N)C(=O)OCC(=O)NC[C@H](C)c2ccccc2)c1C. The number of nitrogens with zero attached hydrogens (tertiary/aromatic N) is 2. The van der Waals surface area contributed by atoms with Crippen molar-refractivity contribution in [2.45, 2.75) is 33.2 Å². The van der Waals surface area contributed by atoms with E-state index in [2.05, 4.69) is 9.88 Å². The molecule has 0 radical (unpaired) electrons. The maximum atomic E-state index is 12.3. The Morgan fingerprint density at radius 3 is 2.61 bits per heavy atom. The van der Waals surface area contributed by atoms with Gasteiger partial charge < -0.3 is 19.4 Å². The van der Waals surface area contributed by atoms with Gasteiger partial charge in [0.25, 0.3) is 5.91 Å². The van der Waals surface area contributed by atoms with Crippen LogP contribution in [0.4, 0.5) is 0 Å². The van der Waals surface area contributed by atoms with Crippen LogP contribution in [0.15, 0.2) is 42.0 Å². The molecule has 2 rings (SSSR count). The summed E-state index contributed by atoms with van der Waals surface area (Å²) in [6, 6.07) is 13.6. The van der Waals surface area contributed by atoms with Crippen molar-refractivity contribution in [1.82, 2.24) is 9.88 Å². The van der Waals surface area contributed by atoms with E-state index in [1.54, 1.807) is 7.11 Å². The molecule has 0 aliphatic carbocycles. The zero-order valence-corrected chi connectivity index (χ0v) is 18.5. The number of ether oxygens (including phenoxy) is 2. The number of aryl methyl sites for hydroxylation is 1. The molecule has 1 N–H and O–H groups in total. The molecule has 1 heterocycles. The minimum atomic E-state index is -0.824. The van der Waals surface area contributed by atoms with E-state index in [1.165, 1.54) is 6.08 Å². The van der Waals surface area contributed by atoms with Crippen molar-refractivity contribution in [3.8, 4) is 6.07 Å². The topological polar surface area (TPSA) is 93.3 Å². The summed E-state index contributed by atoms with van der Waals surface area (Å²) >= 11 is 0. The van der Waals surface area contributed by atoms with Gasteiger partial charge in [0.15, 0.2) is 6.61 Å². The number of carbonyl (C=O) groups is 2. The van der Waals surface area contributed by atoms with Gasteiger partial charge in [-0.25, -0.2) is 4.79 Å². The second kappa shape index (κ2) is 11.7. The van der Waals surface area contributed by atoms with Crippen LogP contribution in [0.1, 0.15) is 35.4 Å². The second-order valence-corrected chi connectivity index (χ2v) is 7.33. The molecule has 1 aromatic carbocycles. The number of nitrogens with one attached hydrogen (secondary N) is 1. The molecule has 0 aliphatic rings. The van der Waals surface area contributed by atoms with E-state index in [4.69, 9.17) is 9.47 Å². The lowest BCUT2D eigenvalue weighted by atomic mass is 10.0. The molecule has 2 aromatic rings. The van der Waals surface area contributed by atoms with Gasteiger partial charge in [0.1, 0.15) is 11.6 Å². The number of hydrogen-bond donors (Lipinski definition) is 1. The van der Waals surface area contributed by atoms with Gasteiger partial charge in [-0.3, -0.25) is 4.79 Å². The summed E-state index contributed by atoms with van der Waals surface area (Å²) in [5.74, 6) is -1.11. The first-order valence-electron chi connectivity index (χ1n) is 10.1. The molecule has 7 nitrogen and oxygen atoms in total. The Morgan fingerprint density at radius 2 is 1.97 bits per heavy atom. The van der Waals surface area contributed by atoms with E-state index in [1.807, 2.05) is 63.2 Å². The highest BCUT2D eigenvalue weighted by Crippen LogP contribution is 2.19. The van der Waals surface area contributed by atoms with E-state index in [-0.39, 0.29) is 11.5 Å². The Kier molecular flexibility index (Phi) is 9.04. The van der Waals surface area contributed by atoms with Crippen LogP contribution in [-0.2, 0) is 25.6 Å². The third-order valence-electron chi connectivity index (χ3n) is 5.08. The lowest BCUT2D eigenvalue weighted by molar-refractivity contribution is -0.144. The highest BCUT2D eigenvalue weighted by atomic mass is 16.5. The van der Waals surface area contributed by atoms with Gasteiger partial charge in [0.05, 0.1) is 6.61 Å². The van der Waals surface area contributed by atoms with Gasteiger partial charge in [-0.1, -0.05) is 37.3 Å². The lowest BCUT2D eigenvalue weighted by Crippen LogP contribution is -2.31. The van der Waals surface area contributed by atoms with Crippen LogP contribution in [-0.4, -0.2) is 43.3 Å². The molecule has 164 valence electrons. The number of nitriles is 1. The Balaban J connectivity index is 1.93. The van der Waals surface area contributed by atoms with E-state index < -0.39 is 18.5 Å². The fourth-order valence-corrected chi connectivity index (χ4v) is 3.22. The largest absolute Gasteiger partial charge is 0.451 e. The molecule has 31 heavy (non-hydrogen) atoms. The normalized spacial score (nSPS) is 12.2. The standard InChI is InChI=1S/C24H29N3O4/c1-17(20-8-6-5-7-9-20)15-26-23(28)16-31-24(29)22(14-25)13-21-12-18(2)27(19(21)3)10-11-30-4/h5-9,12-13,17H,10-11,15-16H2,1-4H3,(H,26,28)/b22-13+/t17-/m0/s1. The summed E-state index contributed by atoms with van der Waals surface area (Å²) in [6.45, 7) is 7.09. The minimum absolute atomic E-state index is 0.128. The number of benzene rings is 1. The van der Waals surface area contributed by atoms with E-state index in [9.17, 15) is 14.9 Å². The summed E-state index contributed by atoms with van der Waals surface area (Å²) < 4.78 is 12.2. The zero-order valence-electron chi connectivity index (χ0n) is 18.5. The number of rotatable bonds is 10. The van der Waals surface area contributed by atoms with Gasteiger partial charge >= 0.3 is 5.97 Å². The molecule has 1 amide bonds. The molecule has 0 spiro atoms. The molecule has 1 atom stereocenters. The fraction of sp³-hybridized carbons (Fsp3) is 0.375. The third-order valence-corrected chi connectivity index (χ3v) is 5.08. The quantitative estimate of drug-likeness (QED) is 0.360. The first kappa shape index (κ1) is 23.9. The number of methoxy groups -OCH3 is 1. The van der Waals surface area contributed by atoms with E-state index in [0.717, 1.165) is 22.5 Å². The van der Waals surface area contributed by atoms with Crippen LogP contribution in [0.2, 0.25) is 0 Å². The molecule has 0 bridgehead atoms. The van der Waals surface area contributed by atoms with Crippen LogP contribution in [0.5, 0.6) is 0 Å². The van der Waals surface area contributed by atoms with Gasteiger partial charge in [-0.2, -0.15) is 5.26 Å². The maximum Gasteiger partial charge on any atom is 0.349 e. The Labute approximate surface area is 183 Å². The zero-order chi connectivity index (χ0) is 22.8. The van der Waals surface area contributed by atoms with Crippen LogP contribution in [0, 0.1) is 25.2 Å². The van der Waals surface area contributed by atoms with Crippen LogP contribution >= 0.6 is 0 Å². The Morgan fingerprint density at radius 1 is 1.26 bits per heavy atom. The molecule has 1 aromatic heterocycles. The van der Waals surface area contributed by atoms with Crippen LogP contribution in [0.25, 0.3) is 6.08 Å². The third kappa shape index (κ3) is 6.83. The average molecular weight is 424 g/mol. The number of carbonyl (C=O) groups excluding carboxylic acids is 2. The number of esters is 1. The summed E-state index contributed by atoms with van der Waals surface area (Å²) in [5.41, 5.74) is 3.62. The monoisotopic (exact) mass is 423 g/mol. The Hall–Kier alpha value is -3.37. The first-order chi connectivity index (χ1) is 14.9. The first-order valence-corrected chi connectivity index (χ1v) is 10.1. The molecule has 0 unspecified atom stereocenters. The molecule has 0 fully saturated rings. The van der Waals surface area contributed by atoms with E-state index in [0.29, 0.717) is 19.7 Å². The minimum Gasteiger partial charge on any atom is -0.451 e. The van der Waals surface area contributed by atoms with Crippen molar-refractivity contribution < 1.29 is 19.1 Å². The van der Waals surface area contributed by atoms with Crippen molar-refractivity contribution in [3.63, 3.8) is 0 Å². The molecule has 0 saturated heterocycles. The molecule has 0 aliphatic heterocycles. The van der Waals surface area contributed by atoms with Crippen molar-refractivity contribution in [2.24, 2.45) is 0 Å². The molecule has 7 heteroatoms. The highest BCUT2D eigenvalue weighted by molar-refractivity contribution is 5.99. The Bertz CT molecular complexity index is 971. The predicted octanol–water partition coefficient (Wildman–Crippen LogP) is 3.12. The summed E-state index contributed by atoms with van der Waals surface area (Å²) in [4.78, 5) is 24.3. The number of hydrogen-bond acceptors (Lipinski definition) is 5. The van der Waals surface area contributed by atoms with Gasteiger partial charge in [0, 0.05) is 31.6 Å². The van der Waals surface area contributed by atoms with Gasteiger partial charge in [-0.15, -0.1) is 0 Å². The van der Waals surface area contributed by atoms with Crippen molar-refractivity contribution >= 4 is 18.0 Å². The van der Waals surface area contributed by atoms with Crippen LogP contribution in [0.3, 0.4) is 0 Å². The predicted molar refractivity (Wildman–Crippen MR) is 118 cm³/mol. The van der Waals surface area contributed by atoms with E-state index >= 15 is 0 Å². The van der Waals surface area contributed by atoms with Crippen molar-refractivity contribution in [1.29, 1.82) is 5.26 Å². The summed E-state index contributed by atoms with van der Waals surface area (Å²) in [6.07, 6.45) is 1.49. The van der Waals surface area contributed by atoms with Crippen molar-refractivity contribution in [3.05, 3.63) is 64.5 Å². The van der Waals surface area contributed by atoms with Gasteiger partial charge in [0.2, 0.25) is 0 Å². The summed E-state index contributed by atoms with van der Waals surface area (Å²) in [7, 11) is 1.64. The maximum absolute atomic E-state index is 12.3. The molecular weight excluding hydrogens is 394 g/mol. The fourth-order valence-electron chi connectivity index (χ4n) is 3.22. The number of aromatic nitrogens is 1. The molecular formula is C24H29N3O4. The van der Waals surface area contributed by atoms with Crippen LogP contribution < -0.4 is 5.32 Å². The molecule has 0 saturated carbocycles. The number of amides is 1. The highest BCUT2D eigenvalue weighted by Gasteiger charge is 2.16. The average Bonchev–Trinajstić information content (AvgIpc) is 3.05. The smallest absolute Gasteiger partial charge is 0.349 e. The lowest BCUT2D eigenvalue weighted by Gasteiger charge is -2.13. The van der Waals surface area contributed by atoms with Crippen molar-refractivity contribution in [2.75, 3.05) is 26.9 Å². The van der Waals surface area contributed by atoms with Gasteiger partial charge in [-0.05, 0) is 43.0 Å². The summed E-state index contributed by atoms with van der Waals surface area (Å²) in [5, 5.41) is 12.1.